The number of amides is 1. The summed E-state index contributed by atoms with van der Waals surface area (Å²) in [5.74, 6) is 0.157. The Labute approximate surface area is 176 Å². The molecular formula is C21H25ClN2O4S. The number of carbonyl (C=O) groups excluding carboxylic acids is 1. The van der Waals surface area contributed by atoms with Crippen LogP contribution < -0.4 is 9.46 Å². The zero-order valence-corrected chi connectivity index (χ0v) is 18.1. The van der Waals surface area contributed by atoms with Gasteiger partial charge in [0.05, 0.1) is 23.3 Å². The highest BCUT2D eigenvalue weighted by atomic mass is 35.5. The molecule has 8 heteroatoms. The number of nitrogens with one attached hydrogen (secondary N) is 1. The van der Waals surface area contributed by atoms with Crippen molar-refractivity contribution in [3.05, 3.63) is 52.5 Å². The number of hydrogen-bond acceptors (Lipinski definition) is 4. The Morgan fingerprint density at radius 1 is 1.07 bits per heavy atom. The highest BCUT2D eigenvalue weighted by Gasteiger charge is 2.24. The molecule has 2 aromatic carbocycles. The summed E-state index contributed by atoms with van der Waals surface area (Å²) in [6.07, 6.45) is 4.09. The van der Waals surface area contributed by atoms with Crippen molar-refractivity contribution in [2.75, 3.05) is 24.9 Å². The smallest absolute Gasteiger partial charge is 0.261 e. The van der Waals surface area contributed by atoms with Crippen LogP contribution in [0.2, 0.25) is 5.02 Å². The van der Waals surface area contributed by atoms with Crippen LogP contribution in [0.5, 0.6) is 5.75 Å². The van der Waals surface area contributed by atoms with Crippen LogP contribution >= 0.6 is 11.6 Å². The van der Waals surface area contributed by atoms with Crippen molar-refractivity contribution in [2.45, 2.75) is 37.5 Å². The fourth-order valence-corrected chi connectivity index (χ4v) is 4.79. The van der Waals surface area contributed by atoms with Gasteiger partial charge in [-0.3, -0.25) is 9.52 Å². The first-order chi connectivity index (χ1) is 13.8. The second-order valence-corrected chi connectivity index (χ2v) is 9.25. The number of methoxy groups -OCH3 is 1. The zero-order valence-electron chi connectivity index (χ0n) is 16.6. The molecule has 1 aliphatic rings. The van der Waals surface area contributed by atoms with E-state index in [-0.39, 0.29) is 16.4 Å². The first kappa shape index (κ1) is 21.5. The number of carbonyl (C=O) groups is 1. The van der Waals surface area contributed by atoms with Gasteiger partial charge in [0.15, 0.2) is 0 Å². The largest absolute Gasteiger partial charge is 0.496 e. The number of likely N-dealkylation sites (tertiary alicyclic amines) is 1. The van der Waals surface area contributed by atoms with Crippen molar-refractivity contribution < 1.29 is 17.9 Å². The third-order valence-electron chi connectivity index (χ3n) is 5.04. The molecule has 1 fully saturated rings. The Hall–Kier alpha value is -2.25. The molecule has 0 atom stereocenters. The van der Waals surface area contributed by atoms with E-state index in [0.717, 1.165) is 25.7 Å². The second kappa shape index (κ2) is 9.05. The van der Waals surface area contributed by atoms with Crippen LogP contribution in [-0.2, 0) is 10.0 Å². The average Bonchev–Trinajstić information content (AvgIpc) is 2.98. The quantitative estimate of drug-likeness (QED) is 0.750. The van der Waals surface area contributed by atoms with Gasteiger partial charge >= 0.3 is 0 Å². The number of rotatable bonds is 5. The molecule has 6 nitrogen and oxygen atoms in total. The van der Waals surface area contributed by atoms with E-state index in [2.05, 4.69) is 4.72 Å². The average molecular weight is 437 g/mol. The molecule has 0 aliphatic carbocycles. The van der Waals surface area contributed by atoms with Crippen molar-refractivity contribution in [1.29, 1.82) is 0 Å². The maximum Gasteiger partial charge on any atom is 0.261 e. The van der Waals surface area contributed by atoms with Crippen molar-refractivity contribution in [2.24, 2.45) is 0 Å². The molecule has 29 heavy (non-hydrogen) atoms. The molecule has 1 saturated heterocycles. The van der Waals surface area contributed by atoms with E-state index in [0.29, 0.717) is 35.1 Å². The van der Waals surface area contributed by atoms with Gasteiger partial charge in [-0.1, -0.05) is 24.4 Å². The van der Waals surface area contributed by atoms with E-state index in [1.54, 1.807) is 30.0 Å². The van der Waals surface area contributed by atoms with E-state index in [1.807, 2.05) is 0 Å². The van der Waals surface area contributed by atoms with Crippen LogP contribution in [0.15, 0.2) is 41.3 Å². The zero-order chi connectivity index (χ0) is 21.0. The summed E-state index contributed by atoms with van der Waals surface area (Å²) in [6, 6.07) is 9.26. The number of sulfonamides is 1. The number of aryl methyl sites for hydroxylation is 1. The Morgan fingerprint density at radius 2 is 1.76 bits per heavy atom. The van der Waals surface area contributed by atoms with E-state index < -0.39 is 10.0 Å². The van der Waals surface area contributed by atoms with E-state index in [9.17, 15) is 13.2 Å². The van der Waals surface area contributed by atoms with Crippen LogP contribution in [0.4, 0.5) is 5.69 Å². The van der Waals surface area contributed by atoms with Crippen molar-refractivity contribution in [3.63, 3.8) is 0 Å². The topological polar surface area (TPSA) is 75.7 Å². The predicted octanol–water partition coefficient (Wildman–Crippen LogP) is 4.47. The Balaban J connectivity index is 1.93. The van der Waals surface area contributed by atoms with Gasteiger partial charge in [0, 0.05) is 18.1 Å². The number of ether oxygens (including phenoxy) is 1. The molecular weight excluding hydrogens is 412 g/mol. The minimum Gasteiger partial charge on any atom is -0.496 e. The van der Waals surface area contributed by atoms with Gasteiger partial charge < -0.3 is 9.64 Å². The lowest BCUT2D eigenvalue weighted by molar-refractivity contribution is 0.0758. The fourth-order valence-electron chi connectivity index (χ4n) is 3.41. The van der Waals surface area contributed by atoms with Gasteiger partial charge in [-0.25, -0.2) is 8.42 Å². The summed E-state index contributed by atoms with van der Waals surface area (Å²) in [5.41, 5.74) is 1.39. The monoisotopic (exact) mass is 436 g/mol. The van der Waals surface area contributed by atoms with Gasteiger partial charge in [-0.2, -0.15) is 0 Å². The predicted molar refractivity (Wildman–Crippen MR) is 114 cm³/mol. The highest BCUT2D eigenvalue weighted by molar-refractivity contribution is 7.92. The molecule has 2 aromatic rings. The maximum absolute atomic E-state index is 13.1. The number of benzene rings is 2. The summed E-state index contributed by atoms with van der Waals surface area (Å²) >= 11 is 5.95. The number of halogens is 1. The number of nitrogens with zero attached hydrogens (tertiary/aromatic N) is 1. The molecule has 1 heterocycles. The molecule has 0 bridgehead atoms. The van der Waals surface area contributed by atoms with Crippen LogP contribution in [0, 0.1) is 6.92 Å². The summed E-state index contributed by atoms with van der Waals surface area (Å²) in [7, 11) is -2.42. The molecule has 1 amide bonds. The van der Waals surface area contributed by atoms with Crippen LogP contribution in [0.1, 0.15) is 41.6 Å². The molecule has 0 saturated carbocycles. The molecule has 0 spiro atoms. The third-order valence-corrected chi connectivity index (χ3v) is 6.64. The Bertz CT molecular complexity index is 1000. The molecule has 1 N–H and O–H groups in total. The molecule has 0 unspecified atom stereocenters. The van der Waals surface area contributed by atoms with E-state index in [4.69, 9.17) is 16.3 Å². The first-order valence-corrected chi connectivity index (χ1v) is 11.4. The molecule has 156 valence electrons. The summed E-state index contributed by atoms with van der Waals surface area (Å²) < 4.78 is 33.8. The lowest BCUT2D eigenvalue weighted by Gasteiger charge is -2.22. The summed E-state index contributed by atoms with van der Waals surface area (Å²) in [6.45, 7) is 3.11. The number of anilines is 1. The summed E-state index contributed by atoms with van der Waals surface area (Å²) in [4.78, 5) is 14.9. The Morgan fingerprint density at radius 3 is 2.38 bits per heavy atom. The van der Waals surface area contributed by atoms with E-state index >= 15 is 0 Å². The molecule has 3 rings (SSSR count). The lowest BCUT2D eigenvalue weighted by atomic mass is 10.1. The number of hydrogen-bond donors (Lipinski definition) is 1. The normalized spacial score (nSPS) is 14.9. The van der Waals surface area contributed by atoms with Crippen LogP contribution in [0.3, 0.4) is 0 Å². The molecule has 0 radical (unpaired) electrons. The molecule has 0 aromatic heterocycles. The fraction of sp³-hybridized carbons (Fsp3) is 0.381. The van der Waals surface area contributed by atoms with Crippen molar-refractivity contribution >= 4 is 33.2 Å². The minimum absolute atomic E-state index is 0.00539. The van der Waals surface area contributed by atoms with Crippen molar-refractivity contribution in [1.82, 2.24) is 4.90 Å². The standard InChI is InChI=1S/C21H25ClN2O4S/c1-15-13-16(22)7-9-19(15)23-29(26,27)17-8-10-20(28-2)18(14-17)21(25)24-11-5-3-4-6-12-24/h7-10,13-14,23H,3-6,11-12H2,1-2H3. The minimum atomic E-state index is -3.89. The van der Waals surface area contributed by atoms with Gasteiger partial charge in [0.2, 0.25) is 0 Å². The SMILES string of the molecule is COc1ccc(S(=O)(=O)Nc2ccc(Cl)cc2C)cc1C(=O)N1CCCCCC1. The van der Waals surface area contributed by atoms with Crippen molar-refractivity contribution in [3.8, 4) is 5.75 Å². The van der Waals surface area contributed by atoms with Gasteiger partial charge in [-0.15, -0.1) is 0 Å². The lowest BCUT2D eigenvalue weighted by Crippen LogP contribution is -2.32. The highest BCUT2D eigenvalue weighted by Crippen LogP contribution is 2.27. The summed E-state index contributed by atoms with van der Waals surface area (Å²) in [5, 5.41) is 0.528. The maximum atomic E-state index is 13.1. The molecule has 1 aliphatic heterocycles. The van der Waals surface area contributed by atoms with Crippen LogP contribution in [-0.4, -0.2) is 39.4 Å². The first-order valence-electron chi connectivity index (χ1n) is 9.58. The van der Waals surface area contributed by atoms with Crippen LogP contribution in [0.25, 0.3) is 0 Å². The van der Waals surface area contributed by atoms with Gasteiger partial charge in [0.1, 0.15) is 5.75 Å². The van der Waals surface area contributed by atoms with E-state index in [1.165, 1.54) is 25.3 Å². The van der Waals surface area contributed by atoms with Gasteiger partial charge in [0.25, 0.3) is 15.9 Å². The second-order valence-electron chi connectivity index (χ2n) is 7.13. The van der Waals surface area contributed by atoms with Gasteiger partial charge in [-0.05, 0) is 61.7 Å². The third kappa shape index (κ3) is 5.03. The Kier molecular flexibility index (Phi) is 6.70.